The Morgan fingerprint density at radius 2 is 2.13 bits per heavy atom. The number of hydrogen-bond donors (Lipinski definition) is 2. The van der Waals surface area contributed by atoms with Crippen molar-refractivity contribution in [1.82, 2.24) is 10.2 Å². The third-order valence-electron chi connectivity index (χ3n) is 3.04. The molecule has 1 saturated carbocycles. The zero-order chi connectivity index (χ0) is 11.1. The molecule has 0 bridgehead atoms. The lowest BCUT2D eigenvalue weighted by Crippen LogP contribution is -2.34. The molecule has 0 atom stereocenters. The summed E-state index contributed by atoms with van der Waals surface area (Å²) in [7, 11) is 2.19. The molecule has 0 aromatic rings. The molecule has 0 aliphatic heterocycles. The van der Waals surface area contributed by atoms with Gasteiger partial charge in [0, 0.05) is 19.1 Å². The van der Waals surface area contributed by atoms with Gasteiger partial charge in [0.15, 0.2) is 5.96 Å². The summed E-state index contributed by atoms with van der Waals surface area (Å²) < 4.78 is 0. The molecule has 4 nitrogen and oxygen atoms in total. The van der Waals surface area contributed by atoms with E-state index in [0.717, 1.165) is 25.7 Å². The third kappa shape index (κ3) is 4.51. The predicted octanol–water partition coefficient (Wildman–Crippen LogP) is 0.785. The van der Waals surface area contributed by atoms with Gasteiger partial charge in [-0.05, 0) is 26.8 Å². The Bertz CT molecular complexity index is 197. The van der Waals surface area contributed by atoms with Crippen molar-refractivity contribution < 1.29 is 0 Å². The van der Waals surface area contributed by atoms with Crippen molar-refractivity contribution in [1.29, 1.82) is 0 Å². The zero-order valence-electron chi connectivity index (χ0n) is 10.00. The number of nitrogens with two attached hydrogens (primary N) is 1. The van der Waals surface area contributed by atoms with E-state index in [2.05, 4.69) is 22.3 Å². The van der Waals surface area contributed by atoms with Crippen LogP contribution < -0.4 is 11.1 Å². The Labute approximate surface area is 92.9 Å². The molecule has 0 radical (unpaired) electrons. The first-order valence-corrected chi connectivity index (χ1v) is 5.98. The van der Waals surface area contributed by atoms with Crippen LogP contribution in [-0.2, 0) is 0 Å². The first-order chi connectivity index (χ1) is 7.24. The van der Waals surface area contributed by atoms with Crippen molar-refractivity contribution in [3.63, 3.8) is 0 Å². The topological polar surface area (TPSA) is 53.6 Å². The van der Waals surface area contributed by atoms with Crippen LogP contribution >= 0.6 is 0 Å². The van der Waals surface area contributed by atoms with Gasteiger partial charge < -0.3 is 16.0 Å². The van der Waals surface area contributed by atoms with Gasteiger partial charge in [-0.25, -0.2) is 0 Å². The highest BCUT2D eigenvalue weighted by Crippen LogP contribution is 2.21. The van der Waals surface area contributed by atoms with Crippen LogP contribution in [0, 0.1) is 0 Å². The Kier molecular flexibility index (Phi) is 5.47. The maximum atomic E-state index is 5.64. The zero-order valence-corrected chi connectivity index (χ0v) is 10.00. The van der Waals surface area contributed by atoms with Crippen LogP contribution in [0.25, 0.3) is 0 Å². The largest absolute Gasteiger partial charge is 0.370 e. The van der Waals surface area contributed by atoms with Crippen LogP contribution in [0.5, 0.6) is 0 Å². The Morgan fingerprint density at radius 1 is 1.47 bits per heavy atom. The Balaban J connectivity index is 2.15. The van der Waals surface area contributed by atoms with Gasteiger partial charge in [-0.3, -0.25) is 4.99 Å². The minimum Gasteiger partial charge on any atom is -0.370 e. The molecule has 15 heavy (non-hydrogen) atoms. The van der Waals surface area contributed by atoms with E-state index < -0.39 is 0 Å². The number of likely N-dealkylation sites (N-methyl/N-ethyl adjacent to an activating group) is 1. The van der Waals surface area contributed by atoms with E-state index in [1.807, 2.05) is 6.92 Å². The molecular weight excluding hydrogens is 188 g/mol. The number of aliphatic imine (C=N–C) groups is 1. The molecule has 0 amide bonds. The van der Waals surface area contributed by atoms with Crippen LogP contribution in [0.3, 0.4) is 0 Å². The number of rotatable bonds is 5. The SMILES string of the molecule is CCNC(N)=NCCN(C)C1CCCC1. The minimum atomic E-state index is 0.567. The van der Waals surface area contributed by atoms with Gasteiger partial charge in [0.25, 0.3) is 0 Å². The van der Waals surface area contributed by atoms with Crippen molar-refractivity contribution in [3.05, 3.63) is 0 Å². The molecule has 88 valence electrons. The number of nitrogens with one attached hydrogen (secondary N) is 1. The highest BCUT2D eigenvalue weighted by atomic mass is 15.2. The van der Waals surface area contributed by atoms with E-state index in [1.165, 1.54) is 25.7 Å². The number of hydrogen-bond acceptors (Lipinski definition) is 2. The van der Waals surface area contributed by atoms with E-state index in [4.69, 9.17) is 5.73 Å². The lowest BCUT2D eigenvalue weighted by atomic mass is 10.2. The van der Waals surface area contributed by atoms with Gasteiger partial charge in [0.05, 0.1) is 6.54 Å². The van der Waals surface area contributed by atoms with Crippen molar-refractivity contribution in [3.8, 4) is 0 Å². The highest BCUT2D eigenvalue weighted by molar-refractivity contribution is 5.77. The molecular formula is C11H24N4. The highest BCUT2D eigenvalue weighted by Gasteiger charge is 2.18. The third-order valence-corrected chi connectivity index (χ3v) is 3.04. The summed E-state index contributed by atoms with van der Waals surface area (Å²) in [5.74, 6) is 0.567. The van der Waals surface area contributed by atoms with E-state index in [-0.39, 0.29) is 0 Å². The first kappa shape index (κ1) is 12.3. The Morgan fingerprint density at radius 3 is 2.73 bits per heavy atom. The van der Waals surface area contributed by atoms with Gasteiger partial charge in [0.1, 0.15) is 0 Å². The predicted molar refractivity (Wildman–Crippen MR) is 65.1 cm³/mol. The second-order valence-electron chi connectivity index (χ2n) is 4.22. The molecule has 4 heteroatoms. The quantitative estimate of drug-likeness (QED) is 0.523. The molecule has 0 unspecified atom stereocenters. The molecule has 1 aliphatic rings. The molecule has 1 rings (SSSR count). The lowest BCUT2D eigenvalue weighted by molar-refractivity contribution is 0.252. The monoisotopic (exact) mass is 212 g/mol. The molecule has 0 spiro atoms. The van der Waals surface area contributed by atoms with Crippen LogP contribution in [0.2, 0.25) is 0 Å². The standard InChI is InChI=1S/C11H24N4/c1-3-13-11(12)14-8-9-15(2)10-6-4-5-7-10/h10H,3-9H2,1-2H3,(H3,12,13,14). The summed E-state index contributed by atoms with van der Waals surface area (Å²) in [6, 6.07) is 0.778. The fourth-order valence-corrected chi connectivity index (χ4v) is 2.09. The normalized spacial score (nSPS) is 18.7. The molecule has 0 aromatic carbocycles. The van der Waals surface area contributed by atoms with Crippen LogP contribution in [0.4, 0.5) is 0 Å². The van der Waals surface area contributed by atoms with E-state index in [0.29, 0.717) is 5.96 Å². The van der Waals surface area contributed by atoms with Gasteiger partial charge in [-0.2, -0.15) is 0 Å². The minimum absolute atomic E-state index is 0.567. The average Bonchev–Trinajstić information content (AvgIpc) is 2.70. The Hall–Kier alpha value is -0.770. The molecule has 0 aromatic heterocycles. The van der Waals surface area contributed by atoms with Crippen LogP contribution in [0.15, 0.2) is 4.99 Å². The van der Waals surface area contributed by atoms with Gasteiger partial charge >= 0.3 is 0 Å². The lowest BCUT2D eigenvalue weighted by Gasteiger charge is -2.22. The molecule has 0 heterocycles. The molecule has 0 saturated heterocycles. The molecule has 1 aliphatic carbocycles. The maximum absolute atomic E-state index is 5.64. The van der Waals surface area contributed by atoms with Crippen molar-refractivity contribution in [2.45, 2.75) is 38.6 Å². The fraction of sp³-hybridized carbons (Fsp3) is 0.909. The molecule has 3 N–H and O–H groups in total. The fourth-order valence-electron chi connectivity index (χ4n) is 2.09. The summed E-state index contributed by atoms with van der Waals surface area (Å²) in [6.07, 6.45) is 5.47. The van der Waals surface area contributed by atoms with Gasteiger partial charge in [-0.1, -0.05) is 12.8 Å². The first-order valence-electron chi connectivity index (χ1n) is 5.98. The average molecular weight is 212 g/mol. The van der Waals surface area contributed by atoms with E-state index in [1.54, 1.807) is 0 Å². The van der Waals surface area contributed by atoms with Crippen LogP contribution in [-0.4, -0.2) is 43.6 Å². The van der Waals surface area contributed by atoms with Crippen LogP contribution in [0.1, 0.15) is 32.6 Å². The summed E-state index contributed by atoms with van der Waals surface area (Å²) in [5.41, 5.74) is 5.64. The summed E-state index contributed by atoms with van der Waals surface area (Å²) in [4.78, 5) is 6.68. The van der Waals surface area contributed by atoms with Crippen molar-refractivity contribution in [2.24, 2.45) is 10.7 Å². The number of nitrogens with zero attached hydrogens (tertiary/aromatic N) is 2. The van der Waals surface area contributed by atoms with E-state index in [9.17, 15) is 0 Å². The van der Waals surface area contributed by atoms with Gasteiger partial charge in [-0.15, -0.1) is 0 Å². The summed E-state index contributed by atoms with van der Waals surface area (Å²) in [5, 5.41) is 3.00. The second kappa shape index (κ2) is 6.67. The molecule has 1 fully saturated rings. The van der Waals surface area contributed by atoms with Crippen molar-refractivity contribution in [2.75, 3.05) is 26.7 Å². The second-order valence-corrected chi connectivity index (χ2v) is 4.22. The smallest absolute Gasteiger partial charge is 0.188 e. The van der Waals surface area contributed by atoms with Gasteiger partial charge in [0.2, 0.25) is 0 Å². The van der Waals surface area contributed by atoms with Crippen molar-refractivity contribution >= 4 is 5.96 Å². The van der Waals surface area contributed by atoms with E-state index >= 15 is 0 Å². The summed E-state index contributed by atoms with van der Waals surface area (Å²) in [6.45, 7) is 4.67. The maximum Gasteiger partial charge on any atom is 0.188 e. The number of guanidine groups is 1. The summed E-state index contributed by atoms with van der Waals surface area (Å²) >= 11 is 0.